The minimum absolute atomic E-state index is 0.0854. The summed E-state index contributed by atoms with van der Waals surface area (Å²) < 4.78 is 1.33. The van der Waals surface area contributed by atoms with E-state index in [0.29, 0.717) is 11.9 Å². The Morgan fingerprint density at radius 2 is 1.52 bits per heavy atom. The summed E-state index contributed by atoms with van der Waals surface area (Å²) in [5.74, 6) is -0.0854. The molecule has 1 aromatic carbocycles. The Kier molecular flexibility index (Phi) is 7.05. The first-order valence-electron chi connectivity index (χ1n) is 8.88. The van der Waals surface area contributed by atoms with Crippen LogP contribution in [0.4, 0.5) is 0 Å². The quantitative estimate of drug-likeness (QED) is 0.599. The summed E-state index contributed by atoms with van der Waals surface area (Å²) in [6, 6.07) is 10.8. The van der Waals surface area contributed by atoms with Crippen molar-refractivity contribution in [3.8, 4) is 0 Å². The predicted octanol–water partition coefficient (Wildman–Crippen LogP) is 5.17. The van der Waals surface area contributed by atoms with Crippen molar-refractivity contribution in [3.63, 3.8) is 0 Å². The monoisotopic (exact) mass is 313 g/mol. The average Bonchev–Trinajstić information content (AvgIpc) is 2.57. The molecule has 0 spiro atoms. The lowest BCUT2D eigenvalue weighted by Gasteiger charge is -2.08. The molecule has 3 nitrogen and oxygen atoms in total. The van der Waals surface area contributed by atoms with Crippen LogP contribution >= 0.6 is 0 Å². The molecule has 0 aliphatic carbocycles. The van der Waals surface area contributed by atoms with E-state index in [2.05, 4.69) is 6.92 Å². The lowest BCUT2D eigenvalue weighted by Crippen LogP contribution is -2.26. The lowest BCUT2D eigenvalue weighted by molar-refractivity contribution is 0.0900. The van der Waals surface area contributed by atoms with Gasteiger partial charge in [0.1, 0.15) is 0 Å². The van der Waals surface area contributed by atoms with E-state index >= 15 is 0 Å². The van der Waals surface area contributed by atoms with Crippen LogP contribution < -0.4 is 5.56 Å². The molecule has 1 heterocycles. The summed E-state index contributed by atoms with van der Waals surface area (Å²) in [5, 5.41) is 0.927. The Hall–Kier alpha value is -1.90. The maximum atomic E-state index is 12.4. The van der Waals surface area contributed by atoms with Crippen molar-refractivity contribution in [2.75, 3.05) is 0 Å². The Morgan fingerprint density at radius 1 is 0.870 bits per heavy atom. The van der Waals surface area contributed by atoms with Gasteiger partial charge in [-0.05, 0) is 23.9 Å². The highest BCUT2D eigenvalue weighted by molar-refractivity contribution is 5.91. The molecule has 0 aliphatic rings. The second kappa shape index (κ2) is 9.29. The number of pyridine rings is 1. The molecule has 0 atom stereocenters. The van der Waals surface area contributed by atoms with Gasteiger partial charge in [0.2, 0.25) is 5.91 Å². The van der Waals surface area contributed by atoms with Gasteiger partial charge >= 0.3 is 0 Å². The largest absolute Gasteiger partial charge is 0.274 e. The van der Waals surface area contributed by atoms with Crippen LogP contribution in [0.25, 0.3) is 10.9 Å². The Labute approximate surface area is 138 Å². The van der Waals surface area contributed by atoms with Gasteiger partial charge in [0, 0.05) is 12.5 Å². The second-order valence-electron chi connectivity index (χ2n) is 6.18. The van der Waals surface area contributed by atoms with Gasteiger partial charge in [-0.1, -0.05) is 70.1 Å². The zero-order chi connectivity index (χ0) is 16.5. The van der Waals surface area contributed by atoms with Crippen molar-refractivity contribution in [1.82, 2.24) is 4.57 Å². The smallest absolute Gasteiger partial charge is 0.257 e. The van der Waals surface area contributed by atoms with Gasteiger partial charge in [0.05, 0.1) is 5.52 Å². The fraction of sp³-hybridized carbons (Fsp3) is 0.500. The molecule has 1 aromatic heterocycles. The van der Waals surface area contributed by atoms with Crippen LogP contribution in [-0.2, 0) is 0 Å². The van der Waals surface area contributed by atoms with E-state index < -0.39 is 0 Å². The van der Waals surface area contributed by atoms with Crippen molar-refractivity contribution < 1.29 is 4.79 Å². The maximum absolute atomic E-state index is 12.4. The van der Waals surface area contributed by atoms with Crippen LogP contribution in [0.2, 0.25) is 0 Å². The Morgan fingerprint density at radius 3 is 2.26 bits per heavy atom. The summed E-state index contributed by atoms with van der Waals surface area (Å²) in [7, 11) is 0. The molecule has 0 fully saturated rings. The van der Waals surface area contributed by atoms with Gasteiger partial charge in [0.15, 0.2) is 0 Å². The number of aromatic nitrogens is 1. The predicted molar refractivity (Wildman–Crippen MR) is 96.1 cm³/mol. The number of rotatable bonds is 9. The molecule has 0 N–H and O–H groups in total. The van der Waals surface area contributed by atoms with Crippen LogP contribution in [-0.4, -0.2) is 10.5 Å². The normalized spacial score (nSPS) is 11.0. The van der Waals surface area contributed by atoms with Gasteiger partial charge in [-0.15, -0.1) is 0 Å². The van der Waals surface area contributed by atoms with Gasteiger partial charge in [-0.2, -0.15) is 0 Å². The molecule has 0 radical (unpaired) electrons. The number of unbranched alkanes of at least 4 members (excludes halogenated alkanes) is 7. The first-order valence-corrected chi connectivity index (χ1v) is 8.88. The first kappa shape index (κ1) is 17.5. The lowest BCUT2D eigenvalue weighted by atomic mass is 10.1. The Balaban J connectivity index is 1.85. The van der Waals surface area contributed by atoms with E-state index in [1.807, 2.05) is 24.3 Å². The summed E-state index contributed by atoms with van der Waals surface area (Å²) >= 11 is 0. The number of carbonyl (C=O) groups excluding carboxylic acids is 1. The summed E-state index contributed by atoms with van der Waals surface area (Å²) in [5.41, 5.74) is 0.484. The molecule has 0 saturated heterocycles. The van der Waals surface area contributed by atoms with E-state index in [9.17, 15) is 9.59 Å². The van der Waals surface area contributed by atoms with Gasteiger partial charge in [-0.3, -0.25) is 9.59 Å². The van der Waals surface area contributed by atoms with Crippen LogP contribution in [0.1, 0.15) is 69.5 Å². The van der Waals surface area contributed by atoms with Crippen LogP contribution in [0.3, 0.4) is 0 Å². The number of para-hydroxylation sites is 1. The number of benzene rings is 1. The van der Waals surface area contributed by atoms with Crippen molar-refractivity contribution >= 4 is 16.8 Å². The highest BCUT2D eigenvalue weighted by Crippen LogP contribution is 2.13. The fourth-order valence-corrected chi connectivity index (χ4v) is 2.97. The standard InChI is InChI=1S/C20H27NO2/c1-2-3-4-5-6-7-8-9-14-19(22)21-18-13-11-10-12-17(18)15-16-20(21)23/h10-13,15-16H,2-9,14H2,1H3. The fourth-order valence-electron chi connectivity index (χ4n) is 2.97. The van der Waals surface area contributed by atoms with Gasteiger partial charge in [-0.25, -0.2) is 4.57 Å². The summed E-state index contributed by atoms with van der Waals surface area (Å²) in [6.07, 6.45) is 10.0. The molecule has 0 aliphatic heterocycles. The molecule has 0 bridgehead atoms. The molecule has 0 unspecified atom stereocenters. The molecule has 23 heavy (non-hydrogen) atoms. The van der Waals surface area contributed by atoms with Gasteiger partial charge in [0.25, 0.3) is 5.56 Å². The van der Waals surface area contributed by atoms with E-state index in [1.165, 1.54) is 49.2 Å². The maximum Gasteiger partial charge on any atom is 0.257 e. The van der Waals surface area contributed by atoms with E-state index in [0.717, 1.165) is 18.2 Å². The molecule has 0 amide bonds. The van der Waals surface area contributed by atoms with Crippen molar-refractivity contribution in [1.29, 1.82) is 0 Å². The van der Waals surface area contributed by atoms with Crippen LogP contribution in [0, 0.1) is 0 Å². The molecule has 124 valence electrons. The van der Waals surface area contributed by atoms with Crippen molar-refractivity contribution in [2.24, 2.45) is 0 Å². The van der Waals surface area contributed by atoms with E-state index in [-0.39, 0.29) is 11.5 Å². The zero-order valence-corrected chi connectivity index (χ0v) is 14.1. The summed E-state index contributed by atoms with van der Waals surface area (Å²) in [6.45, 7) is 2.22. The molecular weight excluding hydrogens is 286 g/mol. The van der Waals surface area contributed by atoms with Crippen LogP contribution in [0.5, 0.6) is 0 Å². The first-order chi connectivity index (χ1) is 11.2. The van der Waals surface area contributed by atoms with Crippen LogP contribution in [0.15, 0.2) is 41.2 Å². The molecule has 2 rings (SSSR count). The molecular formula is C20H27NO2. The number of hydrogen-bond acceptors (Lipinski definition) is 2. The Bertz CT molecular complexity index is 687. The topological polar surface area (TPSA) is 39.1 Å². The van der Waals surface area contributed by atoms with Crippen molar-refractivity contribution in [3.05, 3.63) is 46.8 Å². The number of fused-ring (bicyclic) bond motifs is 1. The molecule has 0 saturated carbocycles. The van der Waals surface area contributed by atoms with E-state index in [1.54, 1.807) is 6.07 Å². The second-order valence-corrected chi connectivity index (χ2v) is 6.18. The number of carbonyl (C=O) groups is 1. The van der Waals surface area contributed by atoms with Crippen molar-refractivity contribution in [2.45, 2.75) is 64.7 Å². The third-order valence-electron chi connectivity index (χ3n) is 4.30. The molecule has 2 aromatic rings. The minimum Gasteiger partial charge on any atom is -0.274 e. The molecule has 3 heteroatoms. The third kappa shape index (κ3) is 5.05. The number of nitrogens with zero attached hydrogens (tertiary/aromatic N) is 1. The highest BCUT2D eigenvalue weighted by atomic mass is 16.2. The average molecular weight is 313 g/mol. The minimum atomic E-state index is -0.228. The zero-order valence-electron chi connectivity index (χ0n) is 14.1. The van der Waals surface area contributed by atoms with E-state index in [4.69, 9.17) is 0 Å². The third-order valence-corrected chi connectivity index (χ3v) is 4.30. The number of hydrogen-bond donors (Lipinski definition) is 0. The SMILES string of the molecule is CCCCCCCCCCC(=O)n1c(=O)ccc2ccccc21. The summed E-state index contributed by atoms with van der Waals surface area (Å²) in [4.78, 5) is 24.5. The highest BCUT2D eigenvalue weighted by Gasteiger charge is 2.10. The van der Waals surface area contributed by atoms with Gasteiger partial charge < -0.3 is 0 Å².